The van der Waals surface area contributed by atoms with Crippen LogP contribution in [0.4, 0.5) is 4.39 Å². The Bertz CT molecular complexity index is 827. The van der Waals surface area contributed by atoms with Crippen molar-refractivity contribution in [2.45, 2.75) is 0 Å². The molecule has 0 saturated carbocycles. The third-order valence-electron chi connectivity index (χ3n) is 2.79. The minimum atomic E-state index is -0.482. The van der Waals surface area contributed by atoms with Crippen LogP contribution in [0.1, 0.15) is 0 Å². The highest BCUT2D eigenvalue weighted by molar-refractivity contribution is 5.79. The van der Waals surface area contributed by atoms with E-state index in [4.69, 9.17) is 0 Å². The lowest BCUT2D eigenvalue weighted by Gasteiger charge is -2.03. The minimum Gasteiger partial charge on any atom is -0.508 e. The summed E-state index contributed by atoms with van der Waals surface area (Å²) in [7, 11) is 0. The Morgan fingerprint density at radius 2 is 2.00 bits per heavy atom. The average molecular weight is 256 g/mol. The van der Waals surface area contributed by atoms with E-state index in [-0.39, 0.29) is 11.1 Å². The normalized spacial score (nSPS) is 10.8. The maximum absolute atomic E-state index is 13.1. The number of hydrogen-bond donors (Lipinski definition) is 2. The molecule has 1 aromatic heterocycles. The minimum absolute atomic E-state index is 0.0827. The van der Waals surface area contributed by atoms with Crippen LogP contribution < -0.4 is 5.56 Å². The van der Waals surface area contributed by atoms with Gasteiger partial charge in [-0.1, -0.05) is 12.1 Å². The van der Waals surface area contributed by atoms with E-state index in [1.54, 1.807) is 12.1 Å². The summed E-state index contributed by atoms with van der Waals surface area (Å²) in [4.78, 5) is 18.7. The molecular formula is C14H9FN2O2. The number of benzene rings is 2. The zero-order valence-corrected chi connectivity index (χ0v) is 9.72. The Morgan fingerprint density at radius 3 is 2.79 bits per heavy atom. The van der Waals surface area contributed by atoms with Crippen molar-refractivity contribution in [2.75, 3.05) is 0 Å². The van der Waals surface area contributed by atoms with Crippen molar-refractivity contribution in [1.29, 1.82) is 0 Å². The number of nitrogens with one attached hydrogen (secondary N) is 1. The molecule has 0 spiro atoms. The van der Waals surface area contributed by atoms with Gasteiger partial charge in [0.25, 0.3) is 5.56 Å². The average Bonchev–Trinajstić information content (AvgIpc) is 2.39. The van der Waals surface area contributed by atoms with Crippen molar-refractivity contribution in [3.63, 3.8) is 0 Å². The van der Waals surface area contributed by atoms with Crippen molar-refractivity contribution < 1.29 is 9.50 Å². The number of phenols is 1. The van der Waals surface area contributed by atoms with Crippen LogP contribution in [0.5, 0.6) is 5.75 Å². The van der Waals surface area contributed by atoms with Crippen molar-refractivity contribution in [2.24, 2.45) is 0 Å². The molecule has 3 aromatic rings. The third-order valence-corrected chi connectivity index (χ3v) is 2.79. The first kappa shape index (κ1) is 11.4. The molecule has 94 valence electrons. The van der Waals surface area contributed by atoms with Gasteiger partial charge in [0.1, 0.15) is 17.4 Å². The first-order valence-corrected chi connectivity index (χ1v) is 5.62. The first-order chi connectivity index (χ1) is 9.13. The molecule has 2 aromatic carbocycles. The van der Waals surface area contributed by atoms with Crippen molar-refractivity contribution >= 4 is 10.9 Å². The predicted molar refractivity (Wildman–Crippen MR) is 69.4 cm³/mol. The van der Waals surface area contributed by atoms with E-state index in [1.807, 2.05) is 0 Å². The van der Waals surface area contributed by atoms with Crippen LogP contribution in [-0.2, 0) is 0 Å². The number of phenolic OH excluding ortho intramolecular Hbond substituents is 1. The van der Waals surface area contributed by atoms with Crippen LogP contribution in [0.3, 0.4) is 0 Å². The van der Waals surface area contributed by atoms with Crippen molar-refractivity contribution in [3.8, 4) is 17.1 Å². The highest BCUT2D eigenvalue weighted by Crippen LogP contribution is 2.20. The lowest BCUT2D eigenvalue weighted by molar-refractivity contribution is 0.475. The van der Waals surface area contributed by atoms with E-state index < -0.39 is 11.4 Å². The summed E-state index contributed by atoms with van der Waals surface area (Å²) in [6.07, 6.45) is 0. The number of aromatic hydroxyl groups is 1. The van der Waals surface area contributed by atoms with E-state index in [0.717, 1.165) is 6.07 Å². The number of aromatic amines is 1. The van der Waals surface area contributed by atoms with E-state index >= 15 is 0 Å². The largest absolute Gasteiger partial charge is 0.508 e. The second-order valence-electron chi connectivity index (χ2n) is 4.13. The Morgan fingerprint density at radius 1 is 1.16 bits per heavy atom. The van der Waals surface area contributed by atoms with Gasteiger partial charge < -0.3 is 10.1 Å². The summed E-state index contributed by atoms with van der Waals surface area (Å²) in [6, 6.07) is 10.2. The van der Waals surface area contributed by atoms with Crippen LogP contribution in [-0.4, -0.2) is 15.1 Å². The topological polar surface area (TPSA) is 66.0 Å². The summed E-state index contributed by atoms with van der Waals surface area (Å²) in [5.74, 6) is -0.0655. The molecule has 0 amide bonds. The molecule has 0 aliphatic heterocycles. The molecule has 0 bridgehead atoms. The van der Waals surface area contributed by atoms with Crippen LogP contribution in [0, 0.1) is 5.82 Å². The highest BCUT2D eigenvalue weighted by Gasteiger charge is 2.07. The molecule has 0 aliphatic carbocycles. The van der Waals surface area contributed by atoms with Gasteiger partial charge in [0, 0.05) is 5.56 Å². The lowest BCUT2D eigenvalue weighted by Crippen LogP contribution is -2.09. The molecule has 0 aliphatic rings. The number of nitrogens with zero attached hydrogens (tertiary/aromatic N) is 1. The molecule has 19 heavy (non-hydrogen) atoms. The van der Waals surface area contributed by atoms with Crippen LogP contribution >= 0.6 is 0 Å². The maximum atomic E-state index is 13.1. The van der Waals surface area contributed by atoms with E-state index in [9.17, 15) is 14.3 Å². The Hall–Kier alpha value is -2.69. The molecule has 0 saturated heterocycles. The maximum Gasteiger partial charge on any atom is 0.259 e. The van der Waals surface area contributed by atoms with Gasteiger partial charge in [-0.3, -0.25) is 4.79 Å². The van der Waals surface area contributed by atoms with Gasteiger partial charge in [-0.15, -0.1) is 0 Å². The Balaban J connectivity index is 2.27. The molecule has 4 nitrogen and oxygen atoms in total. The van der Waals surface area contributed by atoms with Crippen LogP contribution in [0.15, 0.2) is 47.3 Å². The van der Waals surface area contributed by atoms with E-state index in [0.29, 0.717) is 16.9 Å². The summed E-state index contributed by atoms with van der Waals surface area (Å²) < 4.78 is 13.1. The summed E-state index contributed by atoms with van der Waals surface area (Å²) in [6.45, 7) is 0. The fourth-order valence-electron chi connectivity index (χ4n) is 1.90. The lowest BCUT2D eigenvalue weighted by atomic mass is 10.2. The second-order valence-corrected chi connectivity index (χ2v) is 4.13. The second kappa shape index (κ2) is 4.20. The molecule has 0 radical (unpaired) electrons. The van der Waals surface area contributed by atoms with Crippen LogP contribution in [0.25, 0.3) is 22.3 Å². The van der Waals surface area contributed by atoms with Crippen molar-refractivity contribution in [1.82, 2.24) is 9.97 Å². The van der Waals surface area contributed by atoms with Gasteiger partial charge >= 0.3 is 0 Å². The molecule has 5 heteroatoms. The SMILES string of the molecule is O=c1[nH]c(-c2cccc(O)c2)nc2ccc(F)cc12. The van der Waals surface area contributed by atoms with Crippen LogP contribution in [0.2, 0.25) is 0 Å². The van der Waals surface area contributed by atoms with E-state index in [1.165, 1.54) is 24.3 Å². The Labute approximate surface area is 107 Å². The van der Waals surface area contributed by atoms with E-state index in [2.05, 4.69) is 9.97 Å². The predicted octanol–water partition coefficient (Wildman–Crippen LogP) is 2.43. The highest BCUT2D eigenvalue weighted by atomic mass is 19.1. The van der Waals surface area contributed by atoms with Crippen molar-refractivity contribution in [3.05, 3.63) is 58.6 Å². The van der Waals surface area contributed by atoms with Gasteiger partial charge in [0.15, 0.2) is 0 Å². The number of H-pyrrole nitrogens is 1. The monoisotopic (exact) mass is 256 g/mol. The zero-order valence-electron chi connectivity index (χ0n) is 9.72. The smallest absolute Gasteiger partial charge is 0.259 e. The number of rotatable bonds is 1. The van der Waals surface area contributed by atoms with Gasteiger partial charge in [-0.25, -0.2) is 9.37 Å². The van der Waals surface area contributed by atoms with Gasteiger partial charge in [-0.2, -0.15) is 0 Å². The zero-order chi connectivity index (χ0) is 13.4. The molecule has 0 unspecified atom stereocenters. The molecule has 0 atom stereocenters. The fraction of sp³-hybridized carbons (Fsp3) is 0. The number of halogens is 1. The number of hydrogen-bond acceptors (Lipinski definition) is 3. The summed E-state index contributed by atoms with van der Waals surface area (Å²) in [5.41, 5.74) is 0.578. The molecule has 2 N–H and O–H groups in total. The summed E-state index contributed by atoms with van der Waals surface area (Å²) >= 11 is 0. The van der Waals surface area contributed by atoms with Gasteiger partial charge in [0.05, 0.1) is 10.9 Å². The van der Waals surface area contributed by atoms with Gasteiger partial charge in [-0.05, 0) is 30.3 Å². The first-order valence-electron chi connectivity index (χ1n) is 5.62. The Kier molecular flexibility index (Phi) is 2.52. The third kappa shape index (κ3) is 2.06. The van der Waals surface area contributed by atoms with Gasteiger partial charge in [0.2, 0.25) is 0 Å². The number of fused-ring (bicyclic) bond motifs is 1. The standard InChI is InChI=1S/C14H9FN2O2/c15-9-4-5-12-11(7-9)14(19)17-13(16-12)8-2-1-3-10(18)6-8/h1-7,18H,(H,16,17,19). The number of aromatic nitrogens is 2. The molecule has 3 rings (SSSR count). The molecular weight excluding hydrogens is 247 g/mol. The quantitative estimate of drug-likeness (QED) is 0.702. The summed E-state index contributed by atoms with van der Waals surface area (Å²) in [5, 5.41) is 9.62. The molecule has 0 fully saturated rings. The fourth-order valence-corrected chi connectivity index (χ4v) is 1.90. The molecule has 1 heterocycles.